The number of carbonyl (C=O) groups excluding carboxylic acids is 2. The Morgan fingerprint density at radius 1 is 1.00 bits per heavy atom. The molecule has 7 heteroatoms. The molecule has 1 amide bonds. The first-order valence-corrected chi connectivity index (χ1v) is 12.5. The summed E-state index contributed by atoms with van der Waals surface area (Å²) in [5.74, 6) is -0.152. The number of ether oxygens (including phenoxy) is 2. The standard InChI is InChI=1S/C29H36N2O5/c1-5-20-36-24-14-10-21(11-15-24)26-25(27(32)22-12-16-23(17-13-22)35-8-4)28(33)29(34)31(26)19-9-18-30(6-2)7-3/h5,10-17,26,32H,1,6-9,18-20H2,2-4H3/t26-/m1/s1. The van der Waals surface area contributed by atoms with Crippen molar-refractivity contribution in [1.82, 2.24) is 9.80 Å². The molecule has 0 radical (unpaired) electrons. The highest BCUT2D eigenvalue weighted by Crippen LogP contribution is 2.40. The van der Waals surface area contributed by atoms with Crippen LogP contribution in [0, 0.1) is 0 Å². The van der Waals surface area contributed by atoms with Crippen LogP contribution in [0.5, 0.6) is 11.5 Å². The summed E-state index contributed by atoms with van der Waals surface area (Å²) in [4.78, 5) is 30.2. The van der Waals surface area contributed by atoms with Crippen molar-refractivity contribution in [3.8, 4) is 11.5 Å². The molecule has 192 valence electrons. The summed E-state index contributed by atoms with van der Waals surface area (Å²) >= 11 is 0. The first-order valence-electron chi connectivity index (χ1n) is 12.5. The molecule has 7 nitrogen and oxygen atoms in total. The Kier molecular flexibility index (Phi) is 9.70. The molecule has 1 fully saturated rings. The molecule has 1 aliphatic rings. The lowest BCUT2D eigenvalue weighted by molar-refractivity contribution is -0.140. The predicted octanol–water partition coefficient (Wildman–Crippen LogP) is 4.80. The lowest BCUT2D eigenvalue weighted by atomic mass is 9.95. The highest BCUT2D eigenvalue weighted by atomic mass is 16.5. The summed E-state index contributed by atoms with van der Waals surface area (Å²) in [7, 11) is 0. The molecule has 1 aliphatic heterocycles. The molecule has 0 bridgehead atoms. The highest BCUT2D eigenvalue weighted by molar-refractivity contribution is 6.46. The van der Waals surface area contributed by atoms with Crippen LogP contribution in [0.15, 0.2) is 66.8 Å². The Hall–Kier alpha value is -3.58. The molecule has 0 aliphatic carbocycles. The van der Waals surface area contributed by atoms with Crippen LogP contribution >= 0.6 is 0 Å². The fourth-order valence-electron chi connectivity index (χ4n) is 4.39. The zero-order valence-corrected chi connectivity index (χ0v) is 21.4. The summed E-state index contributed by atoms with van der Waals surface area (Å²) in [6.07, 6.45) is 2.38. The van der Waals surface area contributed by atoms with Crippen LogP contribution in [0.25, 0.3) is 5.76 Å². The van der Waals surface area contributed by atoms with Gasteiger partial charge in [-0.2, -0.15) is 0 Å². The van der Waals surface area contributed by atoms with Gasteiger partial charge in [-0.3, -0.25) is 9.59 Å². The number of carbonyl (C=O) groups is 2. The normalized spacial score (nSPS) is 17.0. The van der Waals surface area contributed by atoms with Crippen molar-refractivity contribution >= 4 is 17.4 Å². The second-order valence-corrected chi connectivity index (χ2v) is 8.50. The minimum atomic E-state index is -0.693. The Morgan fingerprint density at radius 2 is 1.61 bits per heavy atom. The summed E-state index contributed by atoms with van der Waals surface area (Å²) in [5, 5.41) is 11.2. The van der Waals surface area contributed by atoms with E-state index >= 15 is 0 Å². The molecule has 2 aromatic rings. The number of amides is 1. The maximum absolute atomic E-state index is 13.2. The maximum atomic E-state index is 13.2. The molecular weight excluding hydrogens is 456 g/mol. The van der Waals surface area contributed by atoms with Gasteiger partial charge in [0, 0.05) is 12.1 Å². The van der Waals surface area contributed by atoms with Crippen LogP contribution in [-0.4, -0.2) is 66.0 Å². The number of benzene rings is 2. The molecule has 36 heavy (non-hydrogen) atoms. The highest BCUT2D eigenvalue weighted by Gasteiger charge is 2.45. The van der Waals surface area contributed by atoms with Crippen molar-refractivity contribution in [3.05, 3.63) is 77.9 Å². The Balaban J connectivity index is 1.99. The van der Waals surface area contributed by atoms with E-state index in [2.05, 4.69) is 25.3 Å². The Morgan fingerprint density at radius 3 is 2.19 bits per heavy atom. The Labute approximate surface area is 213 Å². The third-order valence-electron chi connectivity index (χ3n) is 6.31. The van der Waals surface area contributed by atoms with Gasteiger partial charge in [-0.1, -0.05) is 38.6 Å². The molecule has 1 saturated heterocycles. The number of ketones is 1. The first-order chi connectivity index (χ1) is 17.4. The number of aliphatic hydroxyl groups is 1. The lowest BCUT2D eigenvalue weighted by Crippen LogP contribution is -2.33. The van der Waals surface area contributed by atoms with Gasteiger partial charge in [-0.25, -0.2) is 0 Å². The zero-order valence-electron chi connectivity index (χ0n) is 21.4. The predicted molar refractivity (Wildman–Crippen MR) is 141 cm³/mol. The van der Waals surface area contributed by atoms with E-state index in [1.54, 1.807) is 47.4 Å². The number of likely N-dealkylation sites (tertiary alicyclic amines) is 1. The summed E-state index contributed by atoms with van der Waals surface area (Å²) < 4.78 is 11.1. The molecule has 1 N–H and O–H groups in total. The van der Waals surface area contributed by atoms with Gasteiger partial charge >= 0.3 is 0 Å². The van der Waals surface area contributed by atoms with E-state index in [9.17, 15) is 14.7 Å². The SMILES string of the molecule is C=CCOc1ccc([C@@H]2C(=C(O)c3ccc(OCC)cc3)C(=O)C(=O)N2CCCN(CC)CC)cc1. The van der Waals surface area contributed by atoms with Crippen LogP contribution < -0.4 is 9.47 Å². The molecule has 0 saturated carbocycles. The third kappa shape index (κ3) is 6.15. The van der Waals surface area contributed by atoms with E-state index in [4.69, 9.17) is 9.47 Å². The van der Waals surface area contributed by atoms with E-state index < -0.39 is 17.7 Å². The third-order valence-corrected chi connectivity index (χ3v) is 6.31. The van der Waals surface area contributed by atoms with E-state index in [-0.39, 0.29) is 11.3 Å². The first kappa shape index (κ1) is 27.0. The number of nitrogens with zero attached hydrogens (tertiary/aromatic N) is 2. The van der Waals surface area contributed by atoms with Gasteiger partial charge in [0.25, 0.3) is 11.7 Å². The molecule has 1 heterocycles. The zero-order chi connectivity index (χ0) is 26.1. The van der Waals surface area contributed by atoms with Crippen LogP contribution in [0.3, 0.4) is 0 Å². The molecule has 1 atom stereocenters. The van der Waals surface area contributed by atoms with E-state index in [0.717, 1.165) is 31.6 Å². The van der Waals surface area contributed by atoms with Crippen molar-refractivity contribution < 1.29 is 24.2 Å². The van der Waals surface area contributed by atoms with Crippen molar-refractivity contribution in [2.45, 2.75) is 33.2 Å². The van der Waals surface area contributed by atoms with Gasteiger partial charge in [0.2, 0.25) is 0 Å². The summed E-state index contributed by atoms with van der Waals surface area (Å²) in [6, 6.07) is 13.4. The second-order valence-electron chi connectivity index (χ2n) is 8.50. The minimum Gasteiger partial charge on any atom is -0.507 e. The van der Waals surface area contributed by atoms with Gasteiger partial charge in [0.1, 0.15) is 23.9 Å². The number of Topliss-reactive ketones (excluding diaryl/α,β-unsaturated/α-hetero) is 1. The maximum Gasteiger partial charge on any atom is 0.295 e. The van der Waals surface area contributed by atoms with Gasteiger partial charge in [0.15, 0.2) is 0 Å². The monoisotopic (exact) mass is 492 g/mol. The van der Waals surface area contributed by atoms with Crippen LogP contribution in [-0.2, 0) is 9.59 Å². The number of aliphatic hydroxyl groups excluding tert-OH is 1. The second kappa shape index (κ2) is 12.9. The molecule has 0 unspecified atom stereocenters. The van der Waals surface area contributed by atoms with Gasteiger partial charge < -0.3 is 24.4 Å². The Bertz CT molecular complexity index is 1070. The molecule has 2 aromatic carbocycles. The fraction of sp³-hybridized carbons (Fsp3) is 0.379. The summed E-state index contributed by atoms with van der Waals surface area (Å²) in [6.45, 7) is 13.7. The lowest BCUT2D eigenvalue weighted by Gasteiger charge is -2.27. The summed E-state index contributed by atoms with van der Waals surface area (Å²) in [5.41, 5.74) is 1.28. The van der Waals surface area contributed by atoms with Crippen molar-refractivity contribution in [1.29, 1.82) is 0 Å². The number of hydrogen-bond donors (Lipinski definition) is 1. The average Bonchev–Trinajstić information content (AvgIpc) is 3.15. The van der Waals surface area contributed by atoms with Crippen LogP contribution in [0.1, 0.15) is 44.4 Å². The largest absolute Gasteiger partial charge is 0.507 e. The van der Waals surface area contributed by atoms with E-state index in [1.807, 2.05) is 19.1 Å². The van der Waals surface area contributed by atoms with E-state index in [1.165, 1.54) is 0 Å². The molecule has 0 aromatic heterocycles. The molecule has 0 spiro atoms. The topological polar surface area (TPSA) is 79.3 Å². The smallest absolute Gasteiger partial charge is 0.295 e. The van der Waals surface area contributed by atoms with Gasteiger partial charge in [-0.05, 0) is 74.9 Å². The fourth-order valence-corrected chi connectivity index (χ4v) is 4.39. The number of hydrogen-bond acceptors (Lipinski definition) is 6. The van der Waals surface area contributed by atoms with Crippen LogP contribution in [0.2, 0.25) is 0 Å². The minimum absolute atomic E-state index is 0.0896. The van der Waals surface area contributed by atoms with Crippen molar-refractivity contribution in [3.63, 3.8) is 0 Å². The van der Waals surface area contributed by atoms with Crippen molar-refractivity contribution in [2.75, 3.05) is 39.4 Å². The quantitative estimate of drug-likeness (QED) is 0.187. The number of rotatable bonds is 13. The van der Waals surface area contributed by atoms with Crippen LogP contribution in [0.4, 0.5) is 0 Å². The van der Waals surface area contributed by atoms with Gasteiger partial charge in [-0.15, -0.1) is 0 Å². The van der Waals surface area contributed by atoms with E-state index in [0.29, 0.717) is 36.8 Å². The van der Waals surface area contributed by atoms with Gasteiger partial charge in [0.05, 0.1) is 18.2 Å². The average molecular weight is 493 g/mol. The molecule has 3 rings (SSSR count). The molecular formula is C29H36N2O5. The van der Waals surface area contributed by atoms with Crippen molar-refractivity contribution in [2.24, 2.45) is 0 Å².